The average Bonchev–Trinajstić information content (AvgIpc) is 2.73. The van der Waals surface area contributed by atoms with Crippen molar-refractivity contribution in [3.63, 3.8) is 0 Å². The number of amides is 2. The molecule has 2 N–H and O–H groups in total. The Bertz CT molecular complexity index is 1100. The molecular formula is C20H19FN4O3S. The fraction of sp³-hybridized carbons (Fsp3) is 0.200. The van der Waals surface area contributed by atoms with Crippen LogP contribution in [0.2, 0.25) is 0 Å². The van der Waals surface area contributed by atoms with Gasteiger partial charge in [-0.3, -0.25) is 25.2 Å². The van der Waals surface area contributed by atoms with E-state index in [0.29, 0.717) is 23.7 Å². The molecule has 2 aromatic carbocycles. The summed E-state index contributed by atoms with van der Waals surface area (Å²) in [4.78, 5) is 37.8. The summed E-state index contributed by atoms with van der Waals surface area (Å²) in [6, 6.07) is 12.5. The van der Waals surface area contributed by atoms with E-state index in [1.807, 2.05) is 6.92 Å². The molecule has 0 unspecified atom stereocenters. The Hall–Kier alpha value is -3.20. The van der Waals surface area contributed by atoms with Crippen molar-refractivity contribution in [2.75, 3.05) is 5.75 Å². The maximum Gasteiger partial charge on any atom is 0.290 e. The van der Waals surface area contributed by atoms with Crippen molar-refractivity contribution in [3.8, 4) is 0 Å². The molecule has 1 aromatic heterocycles. The van der Waals surface area contributed by atoms with Crippen LogP contribution in [0, 0.1) is 5.82 Å². The van der Waals surface area contributed by atoms with Gasteiger partial charge in [-0.15, -0.1) is 11.8 Å². The minimum absolute atomic E-state index is 0.0371. The number of nitrogens with zero attached hydrogens (tertiary/aromatic N) is 2. The molecule has 0 fully saturated rings. The minimum atomic E-state index is -0.619. The summed E-state index contributed by atoms with van der Waals surface area (Å²) in [5.74, 6) is -1.37. The Balaban J connectivity index is 1.69. The zero-order chi connectivity index (χ0) is 20.8. The molecule has 0 aliphatic carbocycles. The van der Waals surface area contributed by atoms with Gasteiger partial charge < -0.3 is 0 Å². The number of aryl methyl sites for hydroxylation is 1. The Morgan fingerprint density at radius 3 is 2.45 bits per heavy atom. The molecule has 0 saturated heterocycles. The van der Waals surface area contributed by atoms with Crippen molar-refractivity contribution >= 4 is 34.3 Å². The van der Waals surface area contributed by atoms with Gasteiger partial charge in [0.15, 0.2) is 5.69 Å². The lowest BCUT2D eigenvalue weighted by Crippen LogP contribution is -2.43. The number of carbonyl (C=O) groups is 2. The van der Waals surface area contributed by atoms with Gasteiger partial charge >= 0.3 is 0 Å². The average molecular weight is 414 g/mol. The first-order chi connectivity index (χ1) is 14.0. The number of halogens is 1. The Morgan fingerprint density at radius 1 is 1.07 bits per heavy atom. The SMILES string of the molecule is CCCn1nc(C(=O)NNC(=O)CSc2ccc(F)cc2)c2ccccc2c1=O. The van der Waals surface area contributed by atoms with Crippen molar-refractivity contribution in [2.45, 2.75) is 24.8 Å². The molecule has 1 heterocycles. The van der Waals surface area contributed by atoms with Gasteiger partial charge in [-0.1, -0.05) is 25.1 Å². The normalized spacial score (nSPS) is 10.7. The topological polar surface area (TPSA) is 93.1 Å². The van der Waals surface area contributed by atoms with E-state index in [4.69, 9.17) is 0 Å². The summed E-state index contributed by atoms with van der Waals surface area (Å²) >= 11 is 1.21. The molecule has 7 nitrogen and oxygen atoms in total. The Kier molecular flexibility index (Phi) is 6.61. The third-order valence-electron chi connectivity index (χ3n) is 4.02. The zero-order valence-corrected chi connectivity index (χ0v) is 16.5. The van der Waals surface area contributed by atoms with E-state index in [9.17, 15) is 18.8 Å². The van der Waals surface area contributed by atoms with E-state index in [1.165, 1.54) is 28.6 Å². The van der Waals surface area contributed by atoms with Crippen LogP contribution in [0.5, 0.6) is 0 Å². The maximum absolute atomic E-state index is 12.9. The van der Waals surface area contributed by atoms with Crippen LogP contribution in [0.1, 0.15) is 23.8 Å². The van der Waals surface area contributed by atoms with Gasteiger partial charge in [0, 0.05) is 16.8 Å². The van der Waals surface area contributed by atoms with Gasteiger partial charge in [0.2, 0.25) is 5.91 Å². The molecule has 3 rings (SSSR count). The van der Waals surface area contributed by atoms with Crippen LogP contribution in [-0.4, -0.2) is 27.3 Å². The quantitative estimate of drug-likeness (QED) is 0.478. The first kappa shape index (κ1) is 20.5. The summed E-state index contributed by atoms with van der Waals surface area (Å²) < 4.78 is 14.2. The fourth-order valence-electron chi connectivity index (χ4n) is 2.67. The van der Waals surface area contributed by atoms with E-state index >= 15 is 0 Å². The molecule has 29 heavy (non-hydrogen) atoms. The number of aromatic nitrogens is 2. The Morgan fingerprint density at radius 2 is 1.76 bits per heavy atom. The number of hydrazine groups is 1. The summed E-state index contributed by atoms with van der Waals surface area (Å²) in [6.07, 6.45) is 0.684. The van der Waals surface area contributed by atoms with E-state index in [1.54, 1.807) is 36.4 Å². The molecule has 0 radical (unpaired) electrons. The van der Waals surface area contributed by atoms with Gasteiger partial charge in [0.1, 0.15) is 5.82 Å². The lowest BCUT2D eigenvalue weighted by molar-refractivity contribution is -0.119. The van der Waals surface area contributed by atoms with Gasteiger partial charge in [0.25, 0.3) is 11.5 Å². The minimum Gasteiger partial charge on any atom is -0.272 e. The van der Waals surface area contributed by atoms with E-state index in [-0.39, 0.29) is 22.8 Å². The number of hydrogen-bond donors (Lipinski definition) is 2. The number of carbonyl (C=O) groups excluding carboxylic acids is 2. The van der Waals surface area contributed by atoms with Gasteiger partial charge in [-0.25, -0.2) is 9.07 Å². The van der Waals surface area contributed by atoms with Gasteiger partial charge in [-0.05, 0) is 36.8 Å². The molecule has 150 valence electrons. The second-order valence-corrected chi connectivity index (χ2v) is 7.22. The van der Waals surface area contributed by atoms with Crippen molar-refractivity contribution in [2.24, 2.45) is 0 Å². The smallest absolute Gasteiger partial charge is 0.272 e. The van der Waals surface area contributed by atoms with Crippen LogP contribution < -0.4 is 16.4 Å². The number of hydrogen-bond acceptors (Lipinski definition) is 5. The summed E-state index contributed by atoms with van der Waals surface area (Å²) in [5, 5.41) is 4.97. The highest BCUT2D eigenvalue weighted by Crippen LogP contribution is 2.17. The monoisotopic (exact) mass is 414 g/mol. The van der Waals surface area contributed by atoms with Crippen molar-refractivity contribution in [1.29, 1.82) is 0 Å². The van der Waals surface area contributed by atoms with E-state index in [0.717, 1.165) is 4.90 Å². The van der Waals surface area contributed by atoms with Gasteiger partial charge in [0.05, 0.1) is 11.1 Å². The van der Waals surface area contributed by atoms with Crippen LogP contribution in [0.25, 0.3) is 10.8 Å². The van der Waals surface area contributed by atoms with Crippen molar-refractivity contribution < 1.29 is 14.0 Å². The lowest BCUT2D eigenvalue weighted by atomic mass is 10.1. The van der Waals surface area contributed by atoms with Gasteiger partial charge in [-0.2, -0.15) is 5.10 Å². The largest absolute Gasteiger partial charge is 0.290 e. The van der Waals surface area contributed by atoms with Crippen LogP contribution in [0.4, 0.5) is 4.39 Å². The molecule has 0 aliphatic heterocycles. The highest BCUT2D eigenvalue weighted by molar-refractivity contribution is 8.00. The second kappa shape index (κ2) is 9.33. The predicted molar refractivity (Wildman–Crippen MR) is 109 cm³/mol. The van der Waals surface area contributed by atoms with E-state index < -0.39 is 11.8 Å². The maximum atomic E-state index is 12.9. The van der Waals surface area contributed by atoms with Crippen molar-refractivity contribution in [3.05, 3.63) is 70.4 Å². The molecular weight excluding hydrogens is 395 g/mol. The first-order valence-corrected chi connectivity index (χ1v) is 9.95. The number of fused-ring (bicyclic) bond motifs is 1. The molecule has 0 saturated carbocycles. The molecule has 0 atom stereocenters. The second-order valence-electron chi connectivity index (χ2n) is 6.17. The number of nitrogens with one attached hydrogen (secondary N) is 2. The standard InChI is InChI=1S/C20H19FN4O3S/c1-2-11-25-20(28)16-6-4-3-5-15(16)18(24-25)19(27)23-22-17(26)12-29-14-9-7-13(21)8-10-14/h3-10H,2,11-12H2,1H3,(H,22,26)(H,23,27). The van der Waals surface area contributed by atoms with Crippen molar-refractivity contribution in [1.82, 2.24) is 20.6 Å². The molecule has 0 aliphatic rings. The number of benzene rings is 2. The highest BCUT2D eigenvalue weighted by atomic mass is 32.2. The Labute approximate surface area is 170 Å². The molecule has 2 amide bonds. The van der Waals surface area contributed by atoms with Crippen LogP contribution in [0.15, 0.2) is 58.2 Å². The lowest BCUT2D eigenvalue weighted by Gasteiger charge is -2.11. The molecule has 9 heteroatoms. The third-order valence-corrected chi connectivity index (χ3v) is 5.03. The van der Waals surface area contributed by atoms with E-state index in [2.05, 4.69) is 16.0 Å². The predicted octanol–water partition coefficient (Wildman–Crippen LogP) is 2.50. The third kappa shape index (κ3) is 5.00. The van der Waals surface area contributed by atoms with Crippen LogP contribution in [-0.2, 0) is 11.3 Å². The summed E-state index contributed by atoms with van der Waals surface area (Å²) in [7, 11) is 0. The fourth-order valence-corrected chi connectivity index (χ4v) is 3.37. The zero-order valence-electron chi connectivity index (χ0n) is 15.6. The summed E-state index contributed by atoms with van der Waals surface area (Å²) in [5.41, 5.74) is 4.46. The first-order valence-electron chi connectivity index (χ1n) is 8.97. The molecule has 0 spiro atoms. The number of thioether (sulfide) groups is 1. The highest BCUT2D eigenvalue weighted by Gasteiger charge is 2.17. The van der Waals surface area contributed by atoms with Crippen LogP contribution in [0.3, 0.4) is 0 Å². The molecule has 3 aromatic rings. The number of rotatable bonds is 6. The summed E-state index contributed by atoms with van der Waals surface area (Å²) in [6.45, 7) is 2.28. The van der Waals surface area contributed by atoms with Crippen LogP contribution >= 0.6 is 11.8 Å². The molecule has 0 bridgehead atoms.